The third kappa shape index (κ3) is 2.80. The molecule has 4 heterocycles. The molecule has 2 unspecified atom stereocenters. The molecule has 4 bridgehead atoms. The maximum absolute atomic E-state index is 12.1. The molecule has 6 heteroatoms. The number of para-hydroxylation sites is 1. The molecule has 1 aromatic rings. The number of nitrogens with one attached hydrogen (secondary N) is 5. The zero-order valence-corrected chi connectivity index (χ0v) is 13.5. The van der Waals surface area contributed by atoms with Crippen molar-refractivity contribution in [3.05, 3.63) is 41.6 Å². The van der Waals surface area contributed by atoms with Gasteiger partial charge in [-0.1, -0.05) is 18.2 Å². The second kappa shape index (κ2) is 5.54. The molecule has 2 saturated heterocycles. The molecule has 6 nitrogen and oxygen atoms in total. The summed E-state index contributed by atoms with van der Waals surface area (Å²) in [7, 11) is 0. The molecule has 0 spiro atoms. The van der Waals surface area contributed by atoms with Crippen molar-refractivity contribution in [1.29, 1.82) is 0 Å². The Kier molecular flexibility index (Phi) is 3.50. The van der Waals surface area contributed by atoms with Crippen LogP contribution in [0.5, 0.6) is 0 Å². The maximum Gasteiger partial charge on any atom is 0.337 e. The Bertz CT molecular complexity index is 624. The van der Waals surface area contributed by atoms with Gasteiger partial charge in [0, 0.05) is 5.69 Å². The summed E-state index contributed by atoms with van der Waals surface area (Å²) in [5.41, 5.74) is 9.74. The lowest BCUT2D eigenvalue weighted by atomic mass is 9.78. The Morgan fingerprint density at radius 3 is 2.35 bits per heavy atom. The molecule has 0 radical (unpaired) electrons. The van der Waals surface area contributed by atoms with E-state index < -0.39 is 0 Å². The van der Waals surface area contributed by atoms with Crippen molar-refractivity contribution in [1.82, 2.24) is 10.9 Å². The van der Waals surface area contributed by atoms with E-state index in [1.54, 1.807) is 9.80 Å². The van der Waals surface area contributed by atoms with Crippen LogP contribution < -0.4 is 26.0 Å². The van der Waals surface area contributed by atoms with Crippen LogP contribution in [-0.4, -0.2) is 45.3 Å². The van der Waals surface area contributed by atoms with Crippen molar-refractivity contribution in [3.8, 4) is 0 Å². The second-order valence-corrected chi connectivity index (χ2v) is 7.32. The number of anilines is 1. The van der Waals surface area contributed by atoms with Crippen LogP contribution in [0.15, 0.2) is 41.6 Å². The van der Waals surface area contributed by atoms with E-state index in [1.165, 1.54) is 24.4 Å². The minimum absolute atomic E-state index is 0.146. The number of hydrazine groups is 1. The topological polar surface area (TPSA) is 62.0 Å². The zero-order chi connectivity index (χ0) is 15.9. The van der Waals surface area contributed by atoms with E-state index in [4.69, 9.17) is 0 Å². The van der Waals surface area contributed by atoms with Gasteiger partial charge in [0.15, 0.2) is 0 Å². The van der Waals surface area contributed by atoms with Gasteiger partial charge in [0.25, 0.3) is 0 Å². The standard InChI is InChI=1S/C17H23N5O/c1-17-11-21-7-8-22(12-17)10-13(9-21)15(17)19-20-16(23)18-14-5-3-2-4-6-14/h2-6,19H,7-12H2,1H3,(H2,18,20,23)/p+2. The number of quaternary nitrogens is 2. The van der Waals surface area contributed by atoms with Crippen LogP contribution in [0.3, 0.4) is 0 Å². The average molecular weight is 315 g/mol. The van der Waals surface area contributed by atoms with Crippen LogP contribution in [-0.2, 0) is 0 Å². The average Bonchev–Trinajstić information content (AvgIpc) is 2.74. The summed E-state index contributed by atoms with van der Waals surface area (Å²) in [6.45, 7) is 9.41. The number of benzene rings is 1. The van der Waals surface area contributed by atoms with Crippen LogP contribution in [0.1, 0.15) is 6.92 Å². The summed E-state index contributed by atoms with van der Waals surface area (Å²) in [6.07, 6.45) is 0. The third-order valence-corrected chi connectivity index (χ3v) is 5.33. The first kappa shape index (κ1) is 14.5. The number of hydrogen-bond acceptors (Lipinski definition) is 2. The Hall–Kier alpha value is -2.05. The number of amides is 2. The molecule has 1 aromatic carbocycles. The monoisotopic (exact) mass is 315 g/mol. The lowest BCUT2D eigenvalue weighted by Gasteiger charge is -2.42. The van der Waals surface area contributed by atoms with Crippen molar-refractivity contribution in [2.24, 2.45) is 5.41 Å². The van der Waals surface area contributed by atoms with E-state index in [9.17, 15) is 4.79 Å². The first-order valence-corrected chi connectivity index (χ1v) is 8.40. The lowest BCUT2D eigenvalue weighted by molar-refractivity contribution is -0.918. The van der Waals surface area contributed by atoms with Gasteiger partial charge in [0.05, 0.1) is 24.4 Å². The van der Waals surface area contributed by atoms with E-state index in [2.05, 4.69) is 23.1 Å². The Balaban J connectivity index is 1.44. The normalized spacial score (nSPS) is 31.7. The van der Waals surface area contributed by atoms with E-state index in [0.29, 0.717) is 0 Å². The minimum Gasteiger partial charge on any atom is -0.326 e. The Labute approximate surface area is 136 Å². The molecule has 23 heavy (non-hydrogen) atoms. The third-order valence-electron chi connectivity index (χ3n) is 5.33. The van der Waals surface area contributed by atoms with E-state index >= 15 is 0 Å². The zero-order valence-electron chi connectivity index (χ0n) is 13.5. The molecule has 4 aliphatic rings. The molecular weight excluding hydrogens is 290 g/mol. The number of fused-ring (bicyclic) bond motifs is 1. The molecule has 5 rings (SSSR count). The molecule has 5 N–H and O–H groups in total. The maximum atomic E-state index is 12.1. The van der Waals surface area contributed by atoms with E-state index in [-0.39, 0.29) is 11.4 Å². The summed E-state index contributed by atoms with van der Waals surface area (Å²) < 4.78 is 0. The quantitative estimate of drug-likeness (QED) is 0.436. The predicted octanol–water partition coefficient (Wildman–Crippen LogP) is -1.62. The van der Waals surface area contributed by atoms with Gasteiger partial charge < -0.3 is 15.1 Å². The second-order valence-electron chi connectivity index (χ2n) is 7.32. The molecule has 122 valence electrons. The van der Waals surface area contributed by atoms with Crippen molar-refractivity contribution in [2.75, 3.05) is 44.6 Å². The molecule has 4 aliphatic heterocycles. The fraction of sp³-hybridized carbons (Fsp3) is 0.471. The SMILES string of the molecule is CC12C[NH+]3CC[NH+](CC(=C1NNC(=O)Nc1ccccc1)C3)C2. The number of hydrogen-bond donors (Lipinski definition) is 5. The Morgan fingerprint density at radius 2 is 1.74 bits per heavy atom. The summed E-state index contributed by atoms with van der Waals surface area (Å²) in [6, 6.07) is 9.28. The van der Waals surface area contributed by atoms with Gasteiger partial charge in [0.2, 0.25) is 0 Å². The Morgan fingerprint density at radius 1 is 1.09 bits per heavy atom. The van der Waals surface area contributed by atoms with Crippen LogP contribution in [0, 0.1) is 5.41 Å². The summed E-state index contributed by atoms with van der Waals surface area (Å²) in [4.78, 5) is 15.5. The van der Waals surface area contributed by atoms with Crippen molar-refractivity contribution in [3.63, 3.8) is 0 Å². The molecular formula is C17H25N5O+2. The highest BCUT2D eigenvalue weighted by Crippen LogP contribution is 2.28. The molecule has 2 fully saturated rings. The number of carbonyl (C=O) groups excluding carboxylic acids is 1. The lowest BCUT2D eigenvalue weighted by Crippen LogP contribution is -3.14. The van der Waals surface area contributed by atoms with Gasteiger partial charge in [-0.15, -0.1) is 0 Å². The molecule has 2 amide bonds. The van der Waals surface area contributed by atoms with Gasteiger partial charge in [-0.25, -0.2) is 4.79 Å². The van der Waals surface area contributed by atoms with Crippen molar-refractivity contribution in [2.45, 2.75) is 6.92 Å². The van der Waals surface area contributed by atoms with Crippen LogP contribution in [0.4, 0.5) is 10.5 Å². The van der Waals surface area contributed by atoms with E-state index in [1.807, 2.05) is 30.3 Å². The minimum atomic E-state index is -0.222. The number of rotatable bonds is 3. The van der Waals surface area contributed by atoms with Crippen LogP contribution in [0.2, 0.25) is 0 Å². The van der Waals surface area contributed by atoms with Crippen molar-refractivity contribution < 1.29 is 14.6 Å². The fourth-order valence-electron chi connectivity index (χ4n) is 4.49. The highest BCUT2D eigenvalue weighted by Gasteiger charge is 2.50. The first-order valence-electron chi connectivity index (χ1n) is 8.40. The smallest absolute Gasteiger partial charge is 0.326 e. The fourth-order valence-corrected chi connectivity index (χ4v) is 4.49. The van der Waals surface area contributed by atoms with Crippen LogP contribution in [0.25, 0.3) is 0 Å². The summed E-state index contributed by atoms with van der Waals surface area (Å²) >= 11 is 0. The van der Waals surface area contributed by atoms with Gasteiger partial charge >= 0.3 is 6.03 Å². The highest BCUT2D eigenvalue weighted by molar-refractivity contribution is 5.88. The molecule has 0 saturated carbocycles. The number of carbonyl (C=O) groups is 1. The van der Waals surface area contributed by atoms with Gasteiger partial charge in [-0.2, -0.15) is 0 Å². The highest BCUT2D eigenvalue weighted by atomic mass is 16.2. The van der Waals surface area contributed by atoms with Gasteiger partial charge in [0.1, 0.15) is 31.6 Å². The van der Waals surface area contributed by atoms with Crippen molar-refractivity contribution >= 4 is 11.7 Å². The van der Waals surface area contributed by atoms with Gasteiger partial charge in [-0.3, -0.25) is 10.9 Å². The largest absolute Gasteiger partial charge is 0.337 e. The first-order chi connectivity index (χ1) is 11.1. The summed E-state index contributed by atoms with van der Waals surface area (Å²) in [5.74, 6) is 0. The molecule has 0 aromatic heterocycles. The molecule has 0 aliphatic carbocycles. The summed E-state index contributed by atoms with van der Waals surface area (Å²) in [5, 5.41) is 2.84. The van der Waals surface area contributed by atoms with E-state index in [0.717, 1.165) is 31.9 Å². The molecule has 2 atom stereocenters. The predicted molar refractivity (Wildman–Crippen MR) is 88.0 cm³/mol. The number of urea groups is 1. The van der Waals surface area contributed by atoms with Crippen LogP contribution >= 0.6 is 0 Å². The van der Waals surface area contributed by atoms with Gasteiger partial charge in [-0.05, 0) is 19.1 Å².